The average molecular weight is 287 g/mol. The summed E-state index contributed by atoms with van der Waals surface area (Å²) in [5, 5.41) is 2.74. The van der Waals surface area contributed by atoms with Crippen molar-refractivity contribution >= 4 is 6.09 Å². The fourth-order valence-electron chi connectivity index (χ4n) is 2.19. The highest BCUT2D eigenvalue weighted by Gasteiger charge is 2.19. The van der Waals surface area contributed by atoms with Gasteiger partial charge in [-0.1, -0.05) is 24.3 Å². The first kappa shape index (κ1) is 13.6. The lowest BCUT2D eigenvalue weighted by molar-refractivity contribution is 0.0828. The molecule has 0 spiro atoms. The van der Waals surface area contributed by atoms with E-state index >= 15 is 0 Å². The molecular weight excluding hydrogens is 270 g/mol. The zero-order chi connectivity index (χ0) is 14.5. The van der Waals surface area contributed by atoms with Crippen LogP contribution in [0.5, 0.6) is 0 Å². The molecule has 1 atom stereocenters. The number of carbonyl (C=O) groups excluding carboxylic acids is 1. The molecule has 1 amide bonds. The molecule has 1 aromatic heterocycles. The van der Waals surface area contributed by atoms with Crippen molar-refractivity contribution in [3.8, 4) is 11.3 Å². The summed E-state index contributed by atoms with van der Waals surface area (Å²) in [7, 11) is 0. The van der Waals surface area contributed by atoms with Crippen LogP contribution in [-0.4, -0.2) is 35.4 Å². The number of imidazole rings is 1. The lowest BCUT2D eigenvalue weighted by Gasteiger charge is -2.11. The smallest absolute Gasteiger partial charge is 0.407 e. The van der Waals surface area contributed by atoms with Crippen LogP contribution in [0.15, 0.2) is 36.8 Å². The number of aromatic nitrogens is 2. The van der Waals surface area contributed by atoms with Crippen LogP contribution in [0.1, 0.15) is 12.0 Å². The second-order valence-electron chi connectivity index (χ2n) is 4.91. The molecule has 1 aliphatic rings. The number of nitrogens with one attached hydrogen (secondary N) is 2. The summed E-state index contributed by atoms with van der Waals surface area (Å²) in [4.78, 5) is 18.7. The standard InChI is InChI=1S/C15H17N3O3/c19-15(21-13-5-6-20-9-13)17-7-11-1-3-12(4-2-11)14-8-16-10-18-14/h1-4,8,10,13H,5-7,9H2,(H,16,18)(H,17,19). The third-order valence-electron chi connectivity index (χ3n) is 3.36. The van der Waals surface area contributed by atoms with E-state index in [1.54, 1.807) is 12.5 Å². The first-order chi connectivity index (χ1) is 10.3. The third-order valence-corrected chi connectivity index (χ3v) is 3.36. The van der Waals surface area contributed by atoms with E-state index in [0.29, 0.717) is 19.8 Å². The van der Waals surface area contributed by atoms with Gasteiger partial charge in [0.15, 0.2) is 0 Å². The largest absolute Gasteiger partial charge is 0.444 e. The second-order valence-corrected chi connectivity index (χ2v) is 4.91. The van der Waals surface area contributed by atoms with Gasteiger partial charge in [-0.15, -0.1) is 0 Å². The Balaban J connectivity index is 1.50. The minimum absolute atomic E-state index is 0.118. The number of amides is 1. The van der Waals surface area contributed by atoms with Gasteiger partial charge < -0.3 is 19.8 Å². The lowest BCUT2D eigenvalue weighted by Crippen LogP contribution is -2.28. The molecule has 0 bridgehead atoms. The maximum absolute atomic E-state index is 11.6. The zero-order valence-electron chi connectivity index (χ0n) is 11.5. The molecule has 1 unspecified atom stereocenters. The minimum atomic E-state index is -0.400. The van der Waals surface area contributed by atoms with Crippen molar-refractivity contribution in [3.63, 3.8) is 0 Å². The summed E-state index contributed by atoms with van der Waals surface area (Å²) in [6.07, 6.45) is 3.67. The average Bonchev–Trinajstić information content (AvgIpc) is 3.19. The molecule has 2 aromatic rings. The molecule has 1 aliphatic heterocycles. The number of carbonyl (C=O) groups is 1. The molecule has 21 heavy (non-hydrogen) atoms. The number of benzene rings is 1. The van der Waals surface area contributed by atoms with Gasteiger partial charge in [0.25, 0.3) is 0 Å². The predicted octanol–water partition coefficient (Wildman–Crippen LogP) is 2.09. The fourth-order valence-corrected chi connectivity index (χ4v) is 2.19. The van der Waals surface area contributed by atoms with E-state index < -0.39 is 6.09 Å². The molecule has 1 saturated heterocycles. The molecule has 1 fully saturated rings. The quantitative estimate of drug-likeness (QED) is 0.902. The Labute approximate surface area is 122 Å². The monoisotopic (exact) mass is 287 g/mol. The lowest BCUT2D eigenvalue weighted by atomic mass is 10.1. The molecule has 6 heteroatoms. The van der Waals surface area contributed by atoms with Crippen LogP contribution in [0.2, 0.25) is 0 Å². The first-order valence-electron chi connectivity index (χ1n) is 6.91. The van der Waals surface area contributed by atoms with Gasteiger partial charge in [0.2, 0.25) is 0 Å². The Morgan fingerprint density at radius 3 is 2.95 bits per heavy atom. The Kier molecular flexibility index (Phi) is 4.16. The van der Waals surface area contributed by atoms with Crippen molar-refractivity contribution in [2.75, 3.05) is 13.2 Å². The molecule has 3 rings (SSSR count). The molecule has 0 saturated carbocycles. The van der Waals surface area contributed by atoms with Crippen LogP contribution in [0.25, 0.3) is 11.3 Å². The summed E-state index contributed by atoms with van der Waals surface area (Å²) >= 11 is 0. The molecule has 0 radical (unpaired) electrons. The van der Waals surface area contributed by atoms with Gasteiger partial charge in [0.1, 0.15) is 6.10 Å². The normalized spacial score (nSPS) is 17.6. The summed E-state index contributed by atoms with van der Waals surface area (Å²) in [6, 6.07) is 7.91. The van der Waals surface area contributed by atoms with Gasteiger partial charge in [0.05, 0.1) is 31.4 Å². The van der Waals surface area contributed by atoms with Crippen molar-refractivity contribution in [1.29, 1.82) is 0 Å². The van der Waals surface area contributed by atoms with Gasteiger partial charge in [-0.25, -0.2) is 9.78 Å². The fraction of sp³-hybridized carbons (Fsp3) is 0.333. The maximum Gasteiger partial charge on any atom is 0.407 e. The number of H-pyrrole nitrogens is 1. The molecule has 2 heterocycles. The van der Waals surface area contributed by atoms with Crippen molar-refractivity contribution in [2.45, 2.75) is 19.1 Å². The van der Waals surface area contributed by atoms with Crippen molar-refractivity contribution in [1.82, 2.24) is 15.3 Å². The molecule has 6 nitrogen and oxygen atoms in total. The number of nitrogens with zero attached hydrogens (tertiary/aromatic N) is 1. The topological polar surface area (TPSA) is 76.2 Å². The summed E-state index contributed by atoms with van der Waals surface area (Å²) in [5.74, 6) is 0. The van der Waals surface area contributed by atoms with Gasteiger partial charge in [0, 0.05) is 13.0 Å². The number of rotatable bonds is 4. The molecule has 0 aliphatic carbocycles. The van der Waals surface area contributed by atoms with E-state index in [9.17, 15) is 4.79 Å². The number of hydrogen-bond donors (Lipinski definition) is 2. The number of alkyl carbamates (subject to hydrolysis) is 1. The van der Waals surface area contributed by atoms with E-state index in [-0.39, 0.29) is 6.10 Å². The summed E-state index contributed by atoms with van der Waals surface area (Å²) < 4.78 is 10.4. The summed E-state index contributed by atoms with van der Waals surface area (Å²) in [5.41, 5.74) is 3.04. The van der Waals surface area contributed by atoms with E-state index in [1.165, 1.54) is 0 Å². The van der Waals surface area contributed by atoms with Crippen LogP contribution < -0.4 is 5.32 Å². The number of aromatic amines is 1. The van der Waals surface area contributed by atoms with E-state index in [1.807, 2.05) is 24.3 Å². The highest BCUT2D eigenvalue weighted by molar-refractivity contribution is 5.67. The Hall–Kier alpha value is -2.34. The zero-order valence-corrected chi connectivity index (χ0v) is 11.5. The molecular formula is C15H17N3O3. The van der Waals surface area contributed by atoms with E-state index in [2.05, 4.69) is 15.3 Å². The second kappa shape index (κ2) is 6.41. The van der Waals surface area contributed by atoms with E-state index in [4.69, 9.17) is 9.47 Å². The highest BCUT2D eigenvalue weighted by atomic mass is 16.6. The van der Waals surface area contributed by atoms with Gasteiger partial charge in [-0.3, -0.25) is 0 Å². The third kappa shape index (κ3) is 3.61. The van der Waals surface area contributed by atoms with Crippen LogP contribution >= 0.6 is 0 Å². The summed E-state index contributed by atoms with van der Waals surface area (Å²) in [6.45, 7) is 1.59. The number of ether oxygens (including phenoxy) is 2. The van der Waals surface area contributed by atoms with Crippen molar-refractivity contribution < 1.29 is 14.3 Å². The minimum Gasteiger partial charge on any atom is -0.444 e. The van der Waals surface area contributed by atoms with Crippen LogP contribution in [0, 0.1) is 0 Å². The van der Waals surface area contributed by atoms with Crippen LogP contribution in [-0.2, 0) is 16.0 Å². The predicted molar refractivity (Wildman–Crippen MR) is 76.6 cm³/mol. The van der Waals surface area contributed by atoms with Gasteiger partial charge in [-0.2, -0.15) is 0 Å². The molecule has 2 N–H and O–H groups in total. The van der Waals surface area contributed by atoms with Crippen molar-refractivity contribution in [3.05, 3.63) is 42.4 Å². The Morgan fingerprint density at radius 1 is 1.43 bits per heavy atom. The SMILES string of the molecule is O=C(NCc1ccc(-c2cnc[nH]2)cc1)OC1CCOC1. The maximum atomic E-state index is 11.6. The Morgan fingerprint density at radius 2 is 2.29 bits per heavy atom. The highest BCUT2D eigenvalue weighted by Crippen LogP contribution is 2.16. The number of hydrogen-bond acceptors (Lipinski definition) is 4. The van der Waals surface area contributed by atoms with E-state index in [0.717, 1.165) is 23.2 Å². The Bertz CT molecular complexity index is 575. The van der Waals surface area contributed by atoms with Crippen LogP contribution in [0.3, 0.4) is 0 Å². The van der Waals surface area contributed by atoms with Gasteiger partial charge >= 0.3 is 6.09 Å². The molecule has 110 valence electrons. The van der Waals surface area contributed by atoms with Crippen LogP contribution in [0.4, 0.5) is 4.79 Å². The van der Waals surface area contributed by atoms with Gasteiger partial charge in [-0.05, 0) is 11.1 Å². The van der Waals surface area contributed by atoms with Crippen molar-refractivity contribution in [2.24, 2.45) is 0 Å². The first-order valence-corrected chi connectivity index (χ1v) is 6.91. The molecule has 1 aromatic carbocycles.